The topological polar surface area (TPSA) is 36.4 Å². The maximum Gasteiger partial charge on any atom is 0.120 e. The van der Waals surface area contributed by atoms with Crippen LogP contribution >= 0.6 is 11.5 Å². The molecule has 0 bridgehead atoms. The molecule has 1 heterocycles. The van der Waals surface area contributed by atoms with E-state index in [4.69, 9.17) is 5.11 Å². The number of nitrogens with zero attached hydrogens (tertiary/aromatic N) is 2. The first-order chi connectivity index (χ1) is 8.90. The van der Waals surface area contributed by atoms with Crippen molar-refractivity contribution in [2.75, 3.05) is 18.1 Å². The summed E-state index contributed by atoms with van der Waals surface area (Å²) < 4.78 is 4.53. The molecule has 2 aromatic rings. The van der Waals surface area contributed by atoms with Crippen molar-refractivity contribution in [1.82, 2.24) is 4.37 Å². The predicted octanol–water partition coefficient (Wildman–Crippen LogP) is 3.04. The summed E-state index contributed by atoms with van der Waals surface area (Å²) >= 11 is 1.59. The van der Waals surface area contributed by atoms with Crippen LogP contribution in [0.4, 0.5) is 5.00 Å². The number of aliphatic hydroxyl groups is 1. The first-order valence-corrected chi connectivity index (χ1v) is 7.39. The standard InChI is InChI=1S/C14H18N2OS/c17-10-4-9-16(11-5-3-6-11)14-12-7-1-2-8-13(12)15-18-14/h1-2,7-8,11,17H,3-6,9-10H2. The highest BCUT2D eigenvalue weighted by molar-refractivity contribution is 7.11. The Morgan fingerprint density at radius 3 is 2.89 bits per heavy atom. The monoisotopic (exact) mass is 262 g/mol. The molecule has 3 rings (SSSR count). The molecule has 1 fully saturated rings. The van der Waals surface area contributed by atoms with E-state index >= 15 is 0 Å². The van der Waals surface area contributed by atoms with Crippen molar-refractivity contribution < 1.29 is 5.11 Å². The largest absolute Gasteiger partial charge is 0.396 e. The van der Waals surface area contributed by atoms with Crippen molar-refractivity contribution >= 4 is 27.4 Å². The first-order valence-electron chi connectivity index (χ1n) is 6.62. The minimum Gasteiger partial charge on any atom is -0.396 e. The van der Waals surface area contributed by atoms with Gasteiger partial charge in [-0.25, -0.2) is 0 Å². The maximum absolute atomic E-state index is 9.06. The van der Waals surface area contributed by atoms with Crippen molar-refractivity contribution in [3.8, 4) is 0 Å². The summed E-state index contributed by atoms with van der Waals surface area (Å²) in [4.78, 5) is 2.46. The third-order valence-electron chi connectivity index (χ3n) is 3.70. The van der Waals surface area contributed by atoms with E-state index in [0.717, 1.165) is 18.5 Å². The van der Waals surface area contributed by atoms with Crippen LogP contribution in [0.2, 0.25) is 0 Å². The Morgan fingerprint density at radius 2 is 2.17 bits per heavy atom. The van der Waals surface area contributed by atoms with Crippen molar-refractivity contribution in [3.63, 3.8) is 0 Å². The first kappa shape index (κ1) is 11.9. The second kappa shape index (κ2) is 5.24. The molecule has 1 saturated carbocycles. The van der Waals surface area contributed by atoms with Gasteiger partial charge in [0.15, 0.2) is 0 Å². The Morgan fingerprint density at radius 1 is 1.33 bits per heavy atom. The third-order valence-corrected chi connectivity index (χ3v) is 4.61. The van der Waals surface area contributed by atoms with Crippen molar-refractivity contribution in [2.45, 2.75) is 31.7 Å². The van der Waals surface area contributed by atoms with Gasteiger partial charge in [0.1, 0.15) is 5.00 Å². The van der Waals surface area contributed by atoms with Crippen LogP contribution in [-0.2, 0) is 0 Å². The summed E-state index contributed by atoms with van der Waals surface area (Å²) in [5.41, 5.74) is 1.09. The van der Waals surface area contributed by atoms with E-state index in [9.17, 15) is 0 Å². The Kier molecular flexibility index (Phi) is 3.48. The lowest BCUT2D eigenvalue weighted by atomic mass is 9.91. The number of benzene rings is 1. The third kappa shape index (κ3) is 2.10. The molecule has 3 nitrogen and oxygen atoms in total. The average molecular weight is 262 g/mol. The van der Waals surface area contributed by atoms with E-state index < -0.39 is 0 Å². The highest BCUT2D eigenvalue weighted by Crippen LogP contribution is 2.37. The molecule has 4 heteroatoms. The number of hydrogen-bond donors (Lipinski definition) is 1. The molecule has 0 unspecified atom stereocenters. The van der Waals surface area contributed by atoms with Gasteiger partial charge in [-0.3, -0.25) is 0 Å². The summed E-state index contributed by atoms with van der Waals surface area (Å²) in [6, 6.07) is 8.98. The Labute approximate surface area is 111 Å². The Bertz CT molecular complexity index is 521. The molecule has 0 radical (unpaired) electrons. The minimum atomic E-state index is 0.264. The van der Waals surface area contributed by atoms with Gasteiger partial charge in [-0.1, -0.05) is 12.1 Å². The summed E-state index contributed by atoms with van der Waals surface area (Å²) in [5, 5.41) is 11.6. The molecule has 0 atom stereocenters. The fourth-order valence-corrected chi connectivity index (χ4v) is 3.43. The molecule has 0 saturated heterocycles. The lowest BCUT2D eigenvalue weighted by molar-refractivity contribution is 0.283. The van der Waals surface area contributed by atoms with Crippen molar-refractivity contribution in [3.05, 3.63) is 24.3 Å². The van der Waals surface area contributed by atoms with Gasteiger partial charge in [-0.05, 0) is 49.3 Å². The van der Waals surface area contributed by atoms with Gasteiger partial charge >= 0.3 is 0 Å². The van der Waals surface area contributed by atoms with Crippen molar-refractivity contribution in [1.29, 1.82) is 0 Å². The van der Waals surface area contributed by atoms with Crippen LogP contribution in [0.15, 0.2) is 24.3 Å². The molecular weight excluding hydrogens is 244 g/mol. The highest BCUT2D eigenvalue weighted by atomic mass is 32.1. The summed E-state index contributed by atoms with van der Waals surface area (Å²) in [6.45, 7) is 1.20. The molecule has 1 aromatic heterocycles. The van der Waals surface area contributed by atoms with Crippen LogP contribution in [0.5, 0.6) is 0 Å². The second-order valence-corrected chi connectivity index (χ2v) is 5.61. The average Bonchev–Trinajstić information content (AvgIpc) is 2.76. The van der Waals surface area contributed by atoms with Crippen LogP contribution in [-0.4, -0.2) is 28.7 Å². The van der Waals surface area contributed by atoms with Gasteiger partial charge in [-0.15, -0.1) is 0 Å². The van der Waals surface area contributed by atoms with E-state index in [1.807, 2.05) is 6.07 Å². The highest BCUT2D eigenvalue weighted by Gasteiger charge is 2.27. The number of anilines is 1. The normalized spacial score (nSPS) is 15.8. The lowest BCUT2D eigenvalue weighted by Crippen LogP contribution is -2.40. The van der Waals surface area contributed by atoms with Gasteiger partial charge < -0.3 is 10.0 Å². The quantitative estimate of drug-likeness (QED) is 0.899. The van der Waals surface area contributed by atoms with Crippen LogP contribution in [0.3, 0.4) is 0 Å². The van der Waals surface area contributed by atoms with Gasteiger partial charge in [0.25, 0.3) is 0 Å². The Hall–Kier alpha value is -1.13. The fraction of sp³-hybridized carbons (Fsp3) is 0.500. The number of rotatable bonds is 5. The number of fused-ring (bicyclic) bond motifs is 1. The summed E-state index contributed by atoms with van der Waals surface area (Å²) in [7, 11) is 0. The minimum absolute atomic E-state index is 0.264. The predicted molar refractivity (Wildman–Crippen MR) is 76.3 cm³/mol. The molecule has 1 N–H and O–H groups in total. The summed E-state index contributed by atoms with van der Waals surface area (Å²) in [6.07, 6.45) is 4.72. The van der Waals surface area contributed by atoms with Gasteiger partial charge in [-0.2, -0.15) is 4.37 Å². The SMILES string of the molecule is OCCCN(c1snc2ccccc12)C1CCC1. The van der Waals surface area contributed by atoms with Crippen LogP contribution in [0.1, 0.15) is 25.7 Å². The smallest absolute Gasteiger partial charge is 0.120 e. The molecule has 1 aliphatic rings. The zero-order valence-corrected chi connectivity index (χ0v) is 11.2. The lowest BCUT2D eigenvalue weighted by Gasteiger charge is -2.38. The van der Waals surface area contributed by atoms with E-state index in [0.29, 0.717) is 6.04 Å². The zero-order chi connectivity index (χ0) is 12.4. The molecule has 0 amide bonds. The van der Waals surface area contributed by atoms with E-state index in [-0.39, 0.29) is 6.61 Å². The fourth-order valence-electron chi connectivity index (χ4n) is 2.47. The Balaban J connectivity index is 1.92. The molecule has 96 valence electrons. The van der Waals surface area contributed by atoms with Crippen LogP contribution in [0.25, 0.3) is 10.9 Å². The maximum atomic E-state index is 9.06. The molecule has 18 heavy (non-hydrogen) atoms. The molecular formula is C14H18N2OS. The van der Waals surface area contributed by atoms with Crippen LogP contribution < -0.4 is 4.90 Å². The number of aromatic nitrogens is 1. The summed E-state index contributed by atoms with van der Waals surface area (Å²) in [5.74, 6) is 0. The number of hydrogen-bond acceptors (Lipinski definition) is 4. The van der Waals surface area contributed by atoms with Gasteiger partial charge in [0, 0.05) is 24.6 Å². The van der Waals surface area contributed by atoms with Gasteiger partial charge in [0.2, 0.25) is 0 Å². The second-order valence-electron chi connectivity index (χ2n) is 4.86. The van der Waals surface area contributed by atoms with Crippen LogP contribution in [0, 0.1) is 0 Å². The van der Waals surface area contributed by atoms with Crippen molar-refractivity contribution in [2.24, 2.45) is 0 Å². The zero-order valence-electron chi connectivity index (χ0n) is 10.4. The number of aliphatic hydroxyl groups excluding tert-OH is 1. The molecule has 0 aliphatic heterocycles. The van der Waals surface area contributed by atoms with E-state index in [2.05, 4.69) is 27.5 Å². The van der Waals surface area contributed by atoms with Gasteiger partial charge in [0.05, 0.1) is 5.52 Å². The molecule has 1 aromatic carbocycles. The molecule has 0 spiro atoms. The van der Waals surface area contributed by atoms with E-state index in [1.165, 1.54) is 29.6 Å². The van der Waals surface area contributed by atoms with E-state index in [1.54, 1.807) is 11.5 Å². The molecule has 1 aliphatic carbocycles.